The number of carbonyl (C=O) groups is 1. The van der Waals surface area contributed by atoms with Crippen molar-refractivity contribution >= 4 is 5.97 Å². The lowest BCUT2D eigenvalue weighted by Gasteiger charge is -2.21. The zero-order valence-electron chi connectivity index (χ0n) is 11.1. The van der Waals surface area contributed by atoms with Crippen molar-refractivity contribution in [1.82, 2.24) is 5.32 Å². The van der Waals surface area contributed by atoms with Crippen LogP contribution >= 0.6 is 0 Å². The van der Waals surface area contributed by atoms with Gasteiger partial charge >= 0.3 is 5.97 Å². The molecule has 0 amide bonds. The van der Waals surface area contributed by atoms with Gasteiger partial charge in [-0.15, -0.1) is 0 Å². The predicted molar refractivity (Wildman–Crippen MR) is 71.4 cm³/mol. The first-order valence-corrected chi connectivity index (χ1v) is 6.55. The Morgan fingerprint density at radius 1 is 1.63 bits per heavy atom. The number of benzene rings is 1. The summed E-state index contributed by atoms with van der Waals surface area (Å²) in [6, 6.07) is 9.71. The third-order valence-electron chi connectivity index (χ3n) is 3.60. The number of carbonyl (C=O) groups excluding carboxylic acids is 1. The lowest BCUT2D eigenvalue weighted by molar-refractivity contribution is -0.146. The summed E-state index contributed by atoms with van der Waals surface area (Å²) in [6.45, 7) is 0.955. The highest BCUT2D eigenvalue weighted by atomic mass is 16.5. The van der Waals surface area contributed by atoms with E-state index in [1.807, 2.05) is 18.2 Å². The molecule has 19 heavy (non-hydrogen) atoms. The van der Waals surface area contributed by atoms with Crippen molar-refractivity contribution in [2.75, 3.05) is 13.7 Å². The van der Waals surface area contributed by atoms with Gasteiger partial charge in [-0.3, -0.25) is 4.79 Å². The molecule has 0 bridgehead atoms. The Morgan fingerprint density at radius 2 is 2.47 bits per heavy atom. The average Bonchev–Trinajstić information content (AvgIpc) is 2.98. The third-order valence-corrected chi connectivity index (χ3v) is 3.60. The Morgan fingerprint density at radius 3 is 3.11 bits per heavy atom. The largest absolute Gasteiger partial charge is 0.469 e. The molecule has 0 spiro atoms. The van der Waals surface area contributed by atoms with Crippen molar-refractivity contribution in [3.05, 3.63) is 35.4 Å². The van der Waals surface area contributed by atoms with Crippen LogP contribution in [0.3, 0.4) is 0 Å². The van der Waals surface area contributed by atoms with Gasteiger partial charge in [0, 0.05) is 6.04 Å². The monoisotopic (exact) mass is 258 g/mol. The summed E-state index contributed by atoms with van der Waals surface area (Å²) in [4.78, 5) is 11.9. The van der Waals surface area contributed by atoms with Crippen LogP contribution in [0.25, 0.3) is 0 Å². The number of nitrogens with one attached hydrogen (secondary N) is 1. The van der Waals surface area contributed by atoms with E-state index < -0.39 is 0 Å². The number of ether oxygens (including phenoxy) is 1. The van der Waals surface area contributed by atoms with Crippen molar-refractivity contribution in [3.8, 4) is 6.07 Å². The molecule has 0 aromatic heterocycles. The number of hydrogen-bond donors (Lipinski definition) is 1. The molecular formula is C15H18N2O2. The van der Waals surface area contributed by atoms with Gasteiger partial charge in [0.1, 0.15) is 0 Å². The zero-order valence-corrected chi connectivity index (χ0v) is 11.1. The summed E-state index contributed by atoms with van der Waals surface area (Å²) in [5, 5.41) is 12.3. The summed E-state index contributed by atoms with van der Waals surface area (Å²) < 4.78 is 4.91. The number of hydrogen-bond acceptors (Lipinski definition) is 4. The van der Waals surface area contributed by atoms with Crippen LogP contribution in [0.4, 0.5) is 0 Å². The third kappa shape index (κ3) is 3.33. The van der Waals surface area contributed by atoms with Gasteiger partial charge in [0.25, 0.3) is 0 Å². The van der Waals surface area contributed by atoms with Crippen molar-refractivity contribution < 1.29 is 9.53 Å². The smallest absolute Gasteiger partial charge is 0.310 e. The fraction of sp³-hybridized carbons (Fsp3) is 0.467. The molecule has 0 radical (unpaired) electrons. The second-order valence-corrected chi connectivity index (χ2v) is 4.85. The molecule has 2 atom stereocenters. The van der Waals surface area contributed by atoms with Crippen LogP contribution in [0.1, 0.15) is 24.0 Å². The first-order chi connectivity index (χ1) is 9.24. The first kappa shape index (κ1) is 13.6. The molecule has 4 heteroatoms. The molecule has 100 valence electrons. The molecule has 4 nitrogen and oxygen atoms in total. The Labute approximate surface area is 113 Å². The van der Waals surface area contributed by atoms with Gasteiger partial charge < -0.3 is 10.1 Å². The molecule has 1 N–H and O–H groups in total. The van der Waals surface area contributed by atoms with Crippen molar-refractivity contribution in [3.63, 3.8) is 0 Å². The number of nitrogens with zero attached hydrogens (tertiary/aromatic N) is 1. The number of esters is 1. The Hall–Kier alpha value is -1.86. The van der Waals surface area contributed by atoms with Gasteiger partial charge in [0.05, 0.1) is 24.7 Å². The molecule has 0 saturated carbocycles. The van der Waals surface area contributed by atoms with Gasteiger partial charge in [-0.05, 0) is 43.5 Å². The van der Waals surface area contributed by atoms with Crippen LogP contribution in [0, 0.1) is 17.2 Å². The van der Waals surface area contributed by atoms with Crippen molar-refractivity contribution in [1.29, 1.82) is 5.26 Å². The number of rotatable bonds is 4. The van der Waals surface area contributed by atoms with E-state index in [9.17, 15) is 4.79 Å². The van der Waals surface area contributed by atoms with Crippen LogP contribution in [0.2, 0.25) is 0 Å². The topological polar surface area (TPSA) is 62.1 Å². The Kier molecular flexibility index (Phi) is 4.53. The van der Waals surface area contributed by atoms with Gasteiger partial charge in [-0.1, -0.05) is 12.1 Å². The minimum Gasteiger partial charge on any atom is -0.469 e. The van der Waals surface area contributed by atoms with E-state index in [0.717, 1.165) is 24.9 Å². The quantitative estimate of drug-likeness (QED) is 0.834. The van der Waals surface area contributed by atoms with E-state index in [1.54, 1.807) is 6.07 Å². The fourth-order valence-corrected chi connectivity index (χ4v) is 2.62. The second-order valence-electron chi connectivity index (χ2n) is 4.85. The van der Waals surface area contributed by atoms with Gasteiger partial charge in [-0.25, -0.2) is 0 Å². The van der Waals surface area contributed by atoms with E-state index in [1.165, 1.54) is 7.11 Å². The van der Waals surface area contributed by atoms with Crippen LogP contribution in [0.15, 0.2) is 24.3 Å². The van der Waals surface area contributed by atoms with E-state index in [4.69, 9.17) is 10.00 Å². The molecule has 1 aromatic carbocycles. The minimum atomic E-state index is -0.179. The number of methoxy groups -OCH3 is 1. The van der Waals surface area contributed by atoms with Crippen LogP contribution in [0.5, 0.6) is 0 Å². The van der Waals surface area contributed by atoms with E-state index >= 15 is 0 Å². The van der Waals surface area contributed by atoms with Crippen LogP contribution in [-0.2, 0) is 16.0 Å². The van der Waals surface area contributed by atoms with Crippen LogP contribution < -0.4 is 5.32 Å². The Bertz CT molecular complexity index is 487. The van der Waals surface area contributed by atoms with E-state index in [0.29, 0.717) is 12.0 Å². The molecule has 1 saturated heterocycles. The molecule has 0 aliphatic carbocycles. The standard InChI is InChI=1S/C15H18N2O2/c1-19-15(18)13(14-6-3-7-17-14)9-11-4-2-5-12(8-11)10-16/h2,4-5,8,13-14,17H,3,6-7,9H2,1H3. The Balaban J connectivity index is 2.14. The fourth-order valence-electron chi connectivity index (χ4n) is 2.62. The van der Waals surface area contributed by atoms with Gasteiger partial charge in [-0.2, -0.15) is 5.26 Å². The second kappa shape index (κ2) is 6.35. The lowest BCUT2D eigenvalue weighted by atomic mass is 9.90. The summed E-state index contributed by atoms with van der Waals surface area (Å²) in [5.74, 6) is -0.358. The summed E-state index contributed by atoms with van der Waals surface area (Å²) in [7, 11) is 1.43. The molecule has 2 rings (SSSR count). The molecular weight excluding hydrogens is 240 g/mol. The normalized spacial score (nSPS) is 19.7. The van der Waals surface area contributed by atoms with Crippen molar-refractivity contribution in [2.24, 2.45) is 5.92 Å². The maximum atomic E-state index is 11.9. The molecule has 2 unspecified atom stereocenters. The molecule has 1 fully saturated rings. The first-order valence-electron chi connectivity index (χ1n) is 6.55. The summed E-state index contributed by atoms with van der Waals surface area (Å²) in [5.41, 5.74) is 1.63. The molecule has 1 aliphatic rings. The molecule has 1 aromatic rings. The number of nitriles is 1. The minimum absolute atomic E-state index is 0.179. The predicted octanol–water partition coefficient (Wildman–Crippen LogP) is 1.64. The zero-order chi connectivity index (χ0) is 13.7. The lowest BCUT2D eigenvalue weighted by Crippen LogP contribution is -2.37. The highest BCUT2D eigenvalue weighted by Crippen LogP contribution is 2.21. The average molecular weight is 258 g/mol. The molecule has 1 heterocycles. The van der Waals surface area contributed by atoms with E-state index in [-0.39, 0.29) is 17.9 Å². The van der Waals surface area contributed by atoms with Crippen LogP contribution in [-0.4, -0.2) is 25.7 Å². The van der Waals surface area contributed by atoms with E-state index in [2.05, 4.69) is 11.4 Å². The SMILES string of the molecule is COC(=O)C(Cc1cccc(C#N)c1)C1CCCN1. The summed E-state index contributed by atoms with van der Waals surface area (Å²) in [6.07, 6.45) is 2.70. The maximum Gasteiger partial charge on any atom is 0.310 e. The van der Waals surface area contributed by atoms with Gasteiger partial charge in [0.15, 0.2) is 0 Å². The highest BCUT2D eigenvalue weighted by molar-refractivity contribution is 5.73. The highest BCUT2D eigenvalue weighted by Gasteiger charge is 2.31. The maximum absolute atomic E-state index is 11.9. The van der Waals surface area contributed by atoms with Crippen molar-refractivity contribution in [2.45, 2.75) is 25.3 Å². The van der Waals surface area contributed by atoms with Gasteiger partial charge in [0.2, 0.25) is 0 Å². The molecule has 1 aliphatic heterocycles. The summed E-state index contributed by atoms with van der Waals surface area (Å²) >= 11 is 0.